The summed E-state index contributed by atoms with van der Waals surface area (Å²) in [5.41, 5.74) is 0.588. The molecule has 0 aliphatic carbocycles. The number of aliphatic hydroxyl groups excluding tert-OH is 2. The maximum absolute atomic E-state index is 12.9. The van der Waals surface area contributed by atoms with Gasteiger partial charge < -0.3 is 24.4 Å². The fourth-order valence-electron chi connectivity index (χ4n) is 2.87. The van der Waals surface area contributed by atoms with E-state index in [-0.39, 0.29) is 23.8 Å². The minimum Gasteiger partial charge on any atom is -0.406 e. The van der Waals surface area contributed by atoms with Crippen LogP contribution in [0.3, 0.4) is 0 Å². The highest BCUT2D eigenvalue weighted by molar-refractivity contribution is 6.30. The van der Waals surface area contributed by atoms with Crippen molar-refractivity contribution in [2.45, 2.75) is 12.4 Å². The molecule has 32 heavy (non-hydrogen) atoms. The number of hydrogen-bond donors (Lipinski definition) is 2. The van der Waals surface area contributed by atoms with Gasteiger partial charge in [0.25, 0.3) is 11.8 Å². The lowest BCUT2D eigenvalue weighted by Gasteiger charge is -2.27. The minimum absolute atomic E-state index is 0.0277. The second-order valence-electron chi connectivity index (χ2n) is 6.46. The Morgan fingerprint density at radius 3 is 2.34 bits per heavy atom. The molecule has 0 saturated carbocycles. The summed E-state index contributed by atoms with van der Waals surface area (Å²) < 4.78 is 45.9. The van der Waals surface area contributed by atoms with E-state index >= 15 is 0 Å². The Balaban J connectivity index is 1.83. The van der Waals surface area contributed by atoms with Gasteiger partial charge in [0.15, 0.2) is 0 Å². The molecule has 1 unspecified atom stereocenters. The summed E-state index contributed by atoms with van der Waals surface area (Å²) in [6, 6.07) is 9.74. The number of carbonyl (C=O) groups is 1. The number of amides is 1. The summed E-state index contributed by atoms with van der Waals surface area (Å²) in [4.78, 5) is 18.2. The zero-order chi connectivity index (χ0) is 23.3. The van der Waals surface area contributed by atoms with Crippen LogP contribution in [0.25, 0.3) is 11.4 Å². The van der Waals surface area contributed by atoms with Crippen LogP contribution in [0.4, 0.5) is 13.2 Å². The summed E-state index contributed by atoms with van der Waals surface area (Å²) in [5.74, 6) is -1.02. The van der Waals surface area contributed by atoms with E-state index in [1.165, 1.54) is 41.3 Å². The van der Waals surface area contributed by atoms with Gasteiger partial charge in [0.1, 0.15) is 11.8 Å². The first-order chi connectivity index (χ1) is 15.2. The summed E-state index contributed by atoms with van der Waals surface area (Å²) in [6.45, 7) is -1.11. The quantitative estimate of drug-likeness (QED) is 0.518. The molecule has 3 rings (SSSR count). The van der Waals surface area contributed by atoms with Crippen LogP contribution < -0.4 is 4.74 Å². The van der Waals surface area contributed by atoms with E-state index in [1.807, 2.05) is 0 Å². The fraction of sp³-hybridized carbons (Fsp3) is 0.250. The highest BCUT2D eigenvalue weighted by Crippen LogP contribution is 2.27. The highest BCUT2D eigenvalue weighted by atomic mass is 35.5. The van der Waals surface area contributed by atoms with E-state index in [9.17, 15) is 28.2 Å². The van der Waals surface area contributed by atoms with Gasteiger partial charge in [-0.05, 0) is 48.5 Å². The summed E-state index contributed by atoms with van der Waals surface area (Å²) >= 11 is 5.84. The Kier molecular flexibility index (Phi) is 7.33. The molecule has 0 radical (unpaired) electrons. The van der Waals surface area contributed by atoms with Crippen molar-refractivity contribution < 1.29 is 37.4 Å². The third kappa shape index (κ3) is 5.75. The van der Waals surface area contributed by atoms with Gasteiger partial charge in [0.05, 0.1) is 13.2 Å². The molecule has 0 aliphatic rings. The molecule has 0 spiro atoms. The molecule has 0 fully saturated rings. The Morgan fingerprint density at radius 2 is 1.78 bits per heavy atom. The summed E-state index contributed by atoms with van der Waals surface area (Å²) in [5, 5.41) is 23.5. The number of hydrogen-bond acceptors (Lipinski definition) is 7. The number of aromatic nitrogens is 2. The van der Waals surface area contributed by atoms with E-state index in [4.69, 9.17) is 16.1 Å². The molecule has 1 aromatic heterocycles. The van der Waals surface area contributed by atoms with Crippen molar-refractivity contribution >= 4 is 17.5 Å². The lowest BCUT2D eigenvalue weighted by Crippen LogP contribution is -2.39. The van der Waals surface area contributed by atoms with E-state index in [2.05, 4.69) is 14.9 Å². The van der Waals surface area contributed by atoms with Crippen LogP contribution in [0.1, 0.15) is 22.3 Å². The average Bonchev–Trinajstić information content (AvgIpc) is 3.23. The SMILES string of the molecule is O=C(c1ccc(Cl)cc1)N(CCO)C(CO)c1nc(-c2ccc(OC(F)(F)F)cc2)no1. The average molecular weight is 472 g/mol. The summed E-state index contributed by atoms with van der Waals surface area (Å²) in [6.07, 6.45) is -4.82. The van der Waals surface area contributed by atoms with Crippen LogP contribution in [0.2, 0.25) is 5.02 Å². The van der Waals surface area contributed by atoms with Gasteiger partial charge in [0, 0.05) is 22.7 Å². The van der Waals surface area contributed by atoms with Gasteiger partial charge >= 0.3 is 6.36 Å². The van der Waals surface area contributed by atoms with E-state index in [0.717, 1.165) is 12.1 Å². The second kappa shape index (κ2) is 9.98. The molecular weight excluding hydrogens is 455 g/mol. The summed E-state index contributed by atoms with van der Waals surface area (Å²) in [7, 11) is 0. The van der Waals surface area contributed by atoms with Crippen molar-refractivity contribution in [3.63, 3.8) is 0 Å². The number of ether oxygens (including phenoxy) is 1. The van der Waals surface area contributed by atoms with Gasteiger partial charge in [-0.1, -0.05) is 16.8 Å². The Morgan fingerprint density at radius 1 is 1.12 bits per heavy atom. The van der Waals surface area contributed by atoms with E-state index in [1.54, 1.807) is 0 Å². The number of rotatable bonds is 8. The first kappa shape index (κ1) is 23.5. The van der Waals surface area contributed by atoms with Crippen LogP contribution >= 0.6 is 11.6 Å². The van der Waals surface area contributed by atoms with E-state index in [0.29, 0.717) is 10.6 Å². The molecule has 2 aromatic carbocycles. The molecule has 3 aromatic rings. The number of benzene rings is 2. The van der Waals surface area contributed by atoms with Crippen molar-refractivity contribution in [1.29, 1.82) is 0 Å². The Labute approximate surface area is 184 Å². The molecule has 1 atom stereocenters. The largest absolute Gasteiger partial charge is 0.573 e. The third-order valence-electron chi connectivity index (χ3n) is 4.31. The third-order valence-corrected chi connectivity index (χ3v) is 4.57. The van der Waals surface area contributed by atoms with Crippen molar-refractivity contribution in [3.8, 4) is 17.1 Å². The Bertz CT molecular complexity index is 1040. The van der Waals surface area contributed by atoms with Crippen molar-refractivity contribution in [2.24, 2.45) is 0 Å². The van der Waals surface area contributed by atoms with Crippen LogP contribution in [0.15, 0.2) is 53.1 Å². The predicted octanol–water partition coefficient (Wildman–Crippen LogP) is 3.46. The molecule has 0 saturated heterocycles. The monoisotopic (exact) mass is 471 g/mol. The van der Waals surface area contributed by atoms with Crippen molar-refractivity contribution in [2.75, 3.05) is 19.8 Å². The van der Waals surface area contributed by atoms with Gasteiger partial charge in [-0.15, -0.1) is 13.2 Å². The minimum atomic E-state index is -4.82. The number of carbonyl (C=O) groups excluding carboxylic acids is 1. The Hall–Kier alpha value is -3.15. The van der Waals surface area contributed by atoms with Crippen LogP contribution in [0.5, 0.6) is 5.75 Å². The molecule has 0 aliphatic heterocycles. The van der Waals surface area contributed by atoms with E-state index < -0.39 is 37.3 Å². The number of halogens is 4. The lowest BCUT2D eigenvalue weighted by atomic mass is 10.1. The number of alkyl halides is 3. The van der Waals surface area contributed by atoms with Crippen molar-refractivity contribution in [1.82, 2.24) is 15.0 Å². The first-order valence-electron chi connectivity index (χ1n) is 9.20. The molecule has 170 valence electrons. The van der Waals surface area contributed by atoms with Gasteiger partial charge in [-0.3, -0.25) is 4.79 Å². The first-order valence-corrected chi connectivity index (χ1v) is 9.57. The molecule has 2 N–H and O–H groups in total. The maximum atomic E-state index is 12.9. The second-order valence-corrected chi connectivity index (χ2v) is 6.89. The maximum Gasteiger partial charge on any atom is 0.573 e. The van der Waals surface area contributed by atoms with Gasteiger partial charge in [-0.2, -0.15) is 4.98 Å². The zero-order valence-corrected chi connectivity index (χ0v) is 17.0. The fourth-order valence-corrected chi connectivity index (χ4v) is 2.99. The van der Waals surface area contributed by atoms with Crippen LogP contribution in [0, 0.1) is 0 Å². The molecule has 8 nitrogen and oxygen atoms in total. The predicted molar refractivity (Wildman–Crippen MR) is 106 cm³/mol. The van der Waals surface area contributed by atoms with Crippen LogP contribution in [-0.4, -0.2) is 57.3 Å². The molecular formula is C20H17ClF3N3O5. The van der Waals surface area contributed by atoms with Crippen LogP contribution in [-0.2, 0) is 0 Å². The number of aliphatic hydroxyl groups is 2. The highest BCUT2D eigenvalue weighted by Gasteiger charge is 2.32. The molecule has 0 bridgehead atoms. The van der Waals surface area contributed by atoms with Crippen molar-refractivity contribution in [3.05, 3.63) is 65.0 Å². The number of nitrogens with zero attached hydrogens (tertiary/aromatic N) is 3. The molecule has 12 heteroatoms. The van der Waals surface area contributed by atoms with Gasteiger partial charge in [0.2, 0.25) is 5.82 Å². The smallest absolute Gasteiger partial charge is 0.406 e. The molecule has 1 amide bonds. The standard InChI is InChI=1S/C20H17ClF3N3O5/c21-14-5-1-13(2-6-14)19(30)27(9-10-28)16(11-29)18-25-17(26-32-18)12-3-7-15(8-4-12)31-20(22,23)24/h1-8,16,28-29H,9-11H2. The zero-order valence-electron chi connectivity index (χ0n) is 16.3. The van der Waals surface area contributed by atoms with Gasteiger partial charge in [-0.25, -0.2) is 0 Å². The topological polar surface area (TPSA) is 109 Å². The normalized spacial score (nSPS) is 12.4. The lowest BCUT2D eigenvalue weighted by molar-refractivity contribution is -0.274. The molecule has 1 heterocycles.